The van der Waals surface area contributed by atoms with E-state index in [1.165, 1.54) is 0 Å². The van der Waals surface area contributed by atoms with Crippen LogP contribution in [-0.4, -0.2) is 10.9 Å². The summed E-state index contributed by atoms with van der Waals surface area (Å²) in [5, 5.41) is 12.8. The van der Waals surface area contributed by atoms with Crippen LogP contribution in [0.25, 0.3) is 21.9 Å². The van der Waals surface area contributed by atoms with Gasteiger partial charge in [0.25, 0.3) is 0 Å². The monoisotopic (exact) mass is 286 g/mol. The van der Waals surface area contributed by atoms with Gasteiger partial charge in [0.1, 0.15) is 5.75 Å². The molecule has 1 fully saturated rings. The van der Waals surface area contributed by atoms with Crippen molar-refractivity contribution in [2.75, 3.05) is 0 Å². The van der Waals surface area contributed by atoms with Crippen LogP contribution in [0.5, 0.6) is 5.75 Å². The highest BCUT2D eigenvalue weighted by Crippen LogP contribution is 2.50. The number of aromatic hydroxyl groups is 1. The average Bonchev–Trinajstić information content (AvgIpc) is 3.33. The predicted molar refractivity (Wildman–Crippen MR) is 86.5 cm³/mol. The number of fused-ring (bicyclic) bond motifs is 4. The summed E-state index contributed by atoms with van der Waals surface area (Å²) in [5.74, 6) is 0.585. The van der Waals surface area contributed by atoms with E-state index < -0.39 is 0 Å². The summed E-state index contributed by atoms with van der Waals surface area (Å²) < 4.78 is 0. The van der Waals surface area contributed by atoms with Gasteiger partial charge in [-0.15, -0.1) is 0 Å². The highest BCUT2D eigenvalue weighted by atomic mass is 16.3. The van der Waals surface area contributed by atoms with Gasteiger partial charge in [0.15, 0.2) is 5.78 Å². The van der Waals surface area contributed by atoms with E-state index in [0.29, 0.717) is 17.0 Å². The van der Waals surface area contributed by atoms with Crippen molar-refractivity contribution in [2.45, 2.75) is 18.8 Å². The van der Waals surface area contributed by atoms with E-state index in [0.717, 1.165) is 40.3 Å². The Morgan fingerprint density at radius 2 is 1.55 bits per heavy atom. The molecule has 2 nitrogen and oxygen atoms in total. The molecule has 0 heterocycles. The predicted octanol–water partition coefficient (Wildman–Crippen LogP) is 4.63. The number of carbonyl (C=O) groups excluding carboxylic acids is 1. The third kappa shape index (κ3) is 1.47. The molecule has 3 aromatic rings. The number of rotatable bonds is 1. The fourth-order valence-corrected chi connectivity index (χ4v) is 3.57. The van der Waals surface area contributed by atoms with Crippen LogP contribution in [-0.2, 0) is 0 Å². The summed E-state index contributed by atoms with van der Waals surface area (Å²) in [7, 11) is 0. The molecule has 0 bridgehead atoms. The molecular weight excluding hydrogens is 272 g/mol. The molecule has 2 aliphatic carbocycles. The van der Waals surface area contributed by atoms with E-state index in [4.69, 9.17) is 0 Å². The van der Waals surface area contributed by atoms with Gasteiger partial charge in [0, 0.05) is 5.56 Å². The first-order chi connectivity index (χ1) is 10.7. The molecular formula is C20H14O2. The van der Waals surface area contributed by atoms with Gasteiger partial charge in [-0.2, -0.15) is 0 Å². The lowest BCUT2D eigenvalue weighted by atomic mass is 9.98. The summed E-state index contributed by atoms with van der Waals surface area (Å²) >= 11 is 0. The highest BCUT2D eigenvalue weighted by molar-refractivity contribution is 6.24. The number of hydrogen-bond acceptors (Lipinski definition) is 2. The molecule has 3 aromatic carbocycles. The smallest absolute Gasteiger partial charge is 0.198 e. The van der Waals surface area contributed by atoms with Crippen molar-refractivity contribution in [3.05, 3.63) is 65.2 Å². The fraction of sp³-hybridized carbons (Fsp3) is 0.150. The average molecular weight is 286 g/mol. The molecule has 0 radical (unpaired) electrons. The minimum absolute atomic E-state index is 0.0456. The minimum Gasteiger partial charge on any atom is -0.507 e. The van der Waals surface area contributed by atoms with E-state index in [9.17, 15) is 9.90 Å². The summed E-state index contributed by atoms with van der Waals surface area (Å²) in [6, 6.07) is 16.0. The highest BCUT2D eigenvalue weighted by Gasteiger charge is 2.34. The zero-order valence-electron chi connectivity index (χ0n) is 12.0. The summed E-state index contributed by atoms with van der Waals surface area (Å²) in [5.41, 5.74) is 3.94. The van der Waals surface area contributed by atoms with Gasteiger partial charge in [0.05, 0.1) is 5.56 Å². The van der Waals surface area contributed by atoms with Gasteiger partial charge in [-0.1, -0.05) is 36.4 Å². The van der Waals surface area contributed by atoms with Crippen LogP contribution in [0.15, 0.2) is 48.5 Å². The van der Waals surface area contributed by atoms with Crippen molar-refractivity contribution in [3.8, 4) is 16.9 Å². The van der Waals surface area contributed by atoms with Gasteiger partial charge >= 0.3 is 0 Å². The number of phenols is 1. The zero-order chi connectivity index (χ0) is 14.8. The summed E-state index contributed by atoms with van der Waals surface area (Å²) in [4.78, 5) is 12.8. The Morgan fingerprint density at radius 1 is 0.864 bits per heavy atom. The van der Waals surface area contributed by atoms with Crippen LogP contribution in [0.1, 0.15) is 40.2 Å². The van der Waals surface area contributed by atoms with E-state index in [2.05, 4.69) is 12.1 Å². The Labute approximate surface area is 128 Å². The number of hydrogen-bond donors (Lipinski definition) is 1. The second kappa shape index (κ2) is 3.98. The van der Waals surface area contributed by atoms with Gasteiger partial charge in [0.2, 0.25) is 0 Å². The lowest BCUT2D eigenvalue weighted by molar-refractivity contribution is 0.104. The normalized spacial score (nSPS) is 15.9. The van der Waals surface area contributed by atoms with Crippen molar-refractivity contribution < 1.29 is 9.90 Å². The molecule has 0 saturated heterocycles. The zero-order valence-corrected chi connectivity index (χ0v) is 12.0. The maximum absolute atomic E-state index is 12.8. The van der Waals surface area contributed by atoms with Crippen LogP contribution in [0, 0.1) is 0 Å². The van der Waals surface area contributed by atoms with Crippen LogP contribution in [0.4, 0.5) is 0 Å². The molecule has 106 valence electrons. The first-order valence-corrected chi connectivity index (χ1v) is 7.68. The second-order valence-electron chi connectivity index (χ2n) is 6.27. The Morgan fingerprint density at radius 3 is 2.23 bits per heavy atom. The van der Waals surface area contributed by atoms with Crippen molar-refractivity contribution >= 4 is 16.6 Å². The molecule has 1 saturated carbocycles. The van der Waals surface area contributed by atoms with Crippen LogP contribution >= 0.6 is 0 Å². The van der Waals surface area contributed by atoms with Crippen molar-refractivity contribution in [3.63, 3.8) is 0 Å². The quantitative estimate of drug-likeness (QED) is 0.553. The van der Waals surface area contributed by atoms with Gasteiger partial charge in [-0.3, -0.25) is 4.79 Å². The molecule has 0 amide bonds. The first-order valence-electron chi connectivity index (χ1n) is 7.68. The molecule has 2 heteroatoms. The maximum Gasteiger partial charge on any atom is 0.198 e. The standard InChI is InChI=1S/C20H14O2/c21-19-14(11-5-6-11)7-8-15-16-9-12-3-1-2-4-13(12)10-17(16)20(22)18(15)19/h1-4,7-11,21H,5-6H2. The Bertz CT molecular complexity index is 965. The van der Waals surface area contributed by atoms with Crippen LogP contribution in [0.2, 0.25) is 0 Å². The minimum atomic E-state index is -0.0456. The molecule has 2 aliphatic rings. The van der Waals surface area contributed by atoms with Gasteiger partial charge < -0.3 is 5.11 Å². The molecule has 0 aliphatic heterocycles. The molecule has 22 heavy (non-hydrogen) atoms. The second-order valence-corrected chi connectivity index (χ2v) is 6.27. The van der Waals surface area contributed by atoms with E-state index in [1.54, 1.807) is 0 Å². The fourth-order valence-electron chi connectivity index (χ4n) is 3.57. The molecule has 0 unspecified atom stereocenters. The van der Waals surface area contributed by atoms with Gasteiger partial charge in [-0.05, 0) is 58.4 Å². The van der Waals surface area contributed by atoms with Crippen molar-refractivity contribution in [1.29, 1.82) is 0 Å². The van der Waals surface area contributed by atoms with Crippen molar-refractivity contribution in [2.24, 2.45) is 0 Å². The van der Waals surface area contributed by atoms with E-state index in [1.807, 2.05) is 36.4 Å². The van der Waals surface area contributed by atoms with Crippen LogP contribution < -0.4 is 0 Å². The van der Waals surface area contributed by atoms with Crippen molar-refractivity contribution in [1.82, 2.24) is 0 Å². The third-order valence-corrected chi connectivity index (χ3v) is 4.87. The largest absolute Gasteiger partial charge is 0.507 e. The van der Waals surface area contributed by atoms with Crippen LogP contribution in [0.3, 0.4) is 0 Å². The number of phenolic OH excluding ortho intramolecular Hbond substituents is 1. The molecule has 0 spiro atoms. The van der Waals surface area contributed by atoms with E-state index >= 15 is 0 Å². The Kier molecular flexibility index (Phi) is 2.17. The topological polar surface area (TPSA) is 37.3 Å². The number of benzene rings is 3. The third-order valence-electron chi connectivity index (χ3n) is 4.87. The maximum atomic E-state index is 12.8. The lowest BCUT2D eigenvalue weighted by Gasteiger charge is -2.07. The summed E-state index contributed by atoms with van der Waals surface area (Å²) in [6.07, 6.45) is 2.22. The molecule has 0 aromatic heterocycles. The molecule has 1 N–H and O–H groups in total. The molecule has 0 atom stereocenters. The van der Waals surface area contributed by atoms with Gasteiger partial charge in [-0.25, -0.2) is 0 Å². The molecule has 5 rings (SSSR count). The SMILES string of the molecule is O=C1c2cc3ccccc3cc2-c2ccc(C3CC3)c(O)c21. The lowest BCUT2D eigenvalue weighted by Crippen LogP contribution is -1.97. The number of ketones is 1. The Hall–Kier alpha value is -2.61. The Balaban J connectivity index is 1.81. The summed E-state index contributed by atoms with van der Waals surface area (Å²) in [6.45, 7) is 0. The first kappa shape index (κ1) is 12.0. The van der Waals surface area contributed by atoms with E-state index in [-0.39, 0.29) is 11.5 Å². The number of carbonyl (C=O) groups is 1.